The second-order valence-corrected chi connectivity index (χ2v) is 4.03. The van der Waals surface area contributed by atoms with Gasteiger partial charge in [0.15, 0.2) is 0 Å². The molecule has 0 aliphatic rings. The van der Waals surface area contributed by atoms with Gasteiger partial charge in [-0.1, -0.05) is 6.07 Å². The number of hydrogen-bond donors (Lipinski definition) is 2. The highest BCUT2D eigenvalue weighted by Crippen LogP contribution is 2.14. The lowest BCUT2D eigenvalue weighted by Gasteiger charge is -2.04. The number of ether oxygens (including phenoxy) is 1. The number of hydrogen-bond acceptors (Lipinski definition) is 5. The Balaban J connectivity index is 2.01. The highest BCUT2D eigenvalue weighted by molar-refractivity contribution is 5.89. The van der Waals surface area contributed by atoms with Crippen LogP contribution in [0.25, 0.3) is 0 Å². The van der Waals surface area contributed by atoms with E-state index < -0.39 is 11.9 Å². The van der Waals surface area contributed by atoms with Gasteiger partial charge in [0.25, 0.3) is 0 Å². The number of aromatic carboxylic acids is 1. The van der Waals surface area contributed by atoms with Crippen molar-refractivity contribution in [3.05, 3.63) is 53.5 Å². The molecule has 0 saturated carbocycles. The first-order chi connectivity index (χ1) is 9.60. The predicted molar refractivity (Wildman–Crippen MR) is 70.8 cm³/mol. The maximum absolute atomic E-state index is 11.3. The molecule has 0 atom stereocenters. The normalized spacial score (nSPS) is 10.1. The van der Waals surface area contributed by atoms with Crippen molar-refractivity contribution >= 4 is 17.6 Å². The Kier molecular flexibility index (Phi) is 4.05. The molecule has 0 fully saturated rings. The molecule has 0 aliphatic heterocycles. The Morgan fingerprint density at radius 3 is 2.80 bits per heavy atom. The van der Waals surface area contributed by atoms with Gasteiger partial charge < -0.3 is 19.6 Å². The fourth-order valence-corrected chi connectivity index (χ4v) is 1.65. The number of anilines is 1. The summed E-state index contributed by atoms with van der Waals surface area (Å²) >= 11 is 0. The molecule has 0 radical (unpaired) electrons. The first-order valence-electron chi connectivity index (χ1n) is 5.83. The molecule has 0 bridgehead atoms. The fraction of sp³-hybridized carbons (Fsp3) is 0.143. The van der Waals surface area contributed by atoms with Gasteiger partial charge in [-0.15, -0.1) is 0 Å². The molecule has 0 amide bonds. The minimum Gasteiger partial charge on any atom is -0.478 e. The predicted octanol–water partition coefficient (Wildman–Crippen LogP) is 2.38. The van der Waals surface area contributed by atoms with Gasteiger partial charge >= 0.3 is 11.9 Å². The number of carboxylic acids is 1. The number of esters is 1. The van der Waals surface area contributed by atoms with Crippen molar-refractivity contribution in [2.75, 3.05) is 12.4 Å². The van der Waals surface area contributed by atoms with E-state index in [9.17, 15) is 9.59 Å². The maximum atomic E-state index is 11.3. The molecule has 104 valence electrons. The summed E-state index contributed by atoms with van der Waals surface area (Å²) in [6.45, 7) is 0.333. The van der Waals surface area contributed by atoms with Crippen LogP contribution in [0.5, 0.6) is 0 Å². The van der Waals surface area contributed by atoms with Crippen molar-refractivity contribution in [2.45, 2.75) is 6.54 Å². The number of nitrogens with one attached hydrogen (secondary N) is 1. The molecule has 0 spiro atoms. The second-order valence-electron chi connectivity index (χ2n) is 4.03. The zero-order chi connectivity index (χ0) is 14.5. The third-order valence-corrected chi connectivity index (χ3v) is 2.65. The van der Waals surface area contributed by atoms with Crippen molar-refractivity contribution in [3.8, 4) is 0 Å². The van der Waals surface area contributed by atoms with Gasteiger partial charge in [0.05, 0.1) is 24.8 Å². The zero-order valence-corrected chi connectivity index (χ0v) is 10.8. The molecule has 20 heavy (non-hydrogen) atoms. The van der Waals surface area contributed by atoms with Crippen molar-refractivity contribution < 1.29 is 23.8 Å². The minimum absolute atomic E-state index is 0.199. The molecule has 1 heterocycles. The van der Waals surface area contributed by atoms with Gasteiger partial charge in [-0.05, 0) is 24.3 Å². The quantitative estimate of drug-likeness (QED) is 0.814. The first kappa shape index (κ1) is 13.7. The van der Waals surface area contributed by atoms with E-state index in [1.165, 1.54) is 25.5 Å². The van der Waals surface area contributed by atoms with Gasteiger partial charge in [-0.2, -0.15) is 0 Å². The molecule has 1 aromatic heterocycles. The monoisotopic (exact) mass is 275 g/mol. The fourth-order valence-electron chi connectivity index (χ4n) is 1.65. The molecule has 6 nitrogen and oxygen atoms in total. The van der Waals surface area contributed by atoms with Crippen LogP contribution in [0.2, 0.25) is 0 Å². The van der Waals surface area contributed by atoms with E-state index in [-0.39, 0.29) is 5.56 Å². The molecule has 6 heteroatoms. The van der Waals surface area contributed by atoms with Crippen molar-refractivity contribution in [3.63, 3.8) is 0 Å². The number of rotatable bonds is 5. The Hall–Kier alpha value is -2.76. The first-order valence-corrected chi connectivity index (χ1v) is 5.83. The molecule has 1 aromatic carbocycles. The second kappa shape index (κ2) is 5.92. The van der Waals surface area contributed by atoms with Crippen LogP contribution in [0.4, 0.5) is 5.69 Å². The van der Waals surface area contributed by atoms with Gasteiger partial charge in [0, 0.05) is 5.69 Å². The third kappa shape index (κ3) is 3.17. The van der Waals surface area contributed by atoms with Crippen LogP contribution < -0.4 is 5.32 Å². The summed E-state index contributed by atoms with van der Waals surface area (Å²) in [7, 11) is 1.30. The summed E-state index contributed by atoms with van der Waals surface area (Å²) in [5.74, 6) is -0.904. The smallest absolute Gasteiger partial charge is 0.341 e. The van der Waals surface area contributed by atoms with E-state index in [1.54, 1.807) is 18.2 Å². The van der Waals surface area contributed by atoms with Gasteiger partial charge in [0.2, 0.25) is 0 Å². The summed E-state index contributed by atoms with van der Waals surface area (Å²) in [6, 6.07) is 7.99. The summed E-state index contributed by atoms with van der Waals surface area (Å²) in [5, 5.41) is 11.9. The Labute approximate surface area is 115 Å². The number of benzene rings is 1. The van der Waals surface area contributed by atoms with Gasteiger partial charge in [0.1, 0.15) is 12.0 Å². The number of carbonyl (C=O) groups is 2. The molecule has 0 aliphatic carbocycles. The molecular formula is C14H13NO5. The molecule has 2 aromatic rings. The van der Waals surface area contributed by atoms with Gasteiger partial charge in [-0.25, -0.2) is 9.59 Å². The Morgan fingerprint density at radius 1 is 1.30 bits per heavy atom. The Morgan fingerprint density at radius 2 is 2.10 bits per heavy atom. The molecular weight excluding hydrogens is 262 g/mol. The number of furan rings is 1. The van der Waals surface area contributed by atoms with Crippen LogP contribution in [0.3, 0.4) is 0 Å². The van der Waals surface area contributed by atoms with Crippen LogP contribution in [-0.2, 0) is 11.3 Å². The lowest BCUT2D eigenvalue weighted by atomic mass is 10.2. The Bertz CT molecular complexity index is 632. The number of methoxy groups -OCH3 is 1. The third-order valence-electron chi connectivity index (χ3n) is 2.65. The van der Waals surface area contributed by atoms with E-state index in [0.29, 0.717) is 23.6 Å². The number of carboxylic acid groups (broad SMARTS) is 1. The standard InChI is InChI=1S/C14H13NO5/c1-19-14(18)10-6-12(20-8-10)7-15-11-4-2-3-9(5-11)13(16)17/h2-6,8,15H,7H2,1H3,(H,16,17). The highest BCUT2D eigenvalue weighted by atomic mass is 16.5. The molecule has 0 unspecified atom stereocenters. The van der Waals surface area contributed by atoms with Gasteiger partial charge in [-0.3, -0.25) is 0 Å². The van der Waals surface area contributed by atoms with Crippen LogP contribution in [-0.4, -0.2) is 24.2 Å². The summed E-state index contributed by atoms with van der Waals surface area (Å²) in [6.07, 6.45) is 1.32. The van der Waals surface area contributed by atoms with Crippen molar-refractivity contribution in [2.24, 2.45) is 0 Å². The van der Waals surface area contributed by atoms with E-state index >= 15 is 0 Å². The lowest BCUT2D eigenvalue weighted by molar-refractivity contribution is 0.0599. The lowest BCUT2D eigenvalue weighted by Crippen LogP contribution is -2.02. The van der Waals surface area contributed by atoms with Crippen LogP contribution >= 0.6 is 0 Å². The average molecular weight is 275 g/mol. The van der Waals surface area contributed by atoms with Crippen molar-refractivity contribution in [1.82, 2.24) is 0 Å². The summed E-state index contributed by atoms with van der Waals surface area (Å²) in [5.41, 5.74) is 1.19. The SMILES string of the molecule is COC(=O)c1coc(CNc2cccc(C(=O)O)c2)c1. The maximum Gasteiger partial charge on any atom is 0.341 e. The highest BCUT2D eigenvalue weighted by Gasteiger charge is 2.10. The molecule has 2 rings (SSSR count). The summed E-state index contributed by atoms with van der Waals surface area (Å²) in [4.78, 5) is 22.1. The van der Waals surface area contributed by atoms with E-state index in [4.69, 9.17) is 9.52 Å². The molecule has 2 N–H and O–H groups in total. The topological polar surface area (TPSA) is 88.8 Å². The largest absolute Gasteiger partial charge is 0.478 e. The molecule has 0 saturated heterocycles. The van der Waals surface area contributed by atoms with E-state index in [1.807, 2.05) is 0 Å². The zero-order valence-electron chi connectivity index (χ0n) is 10.8. The van der Waals surface area contributed by atoms with Crippen LogP contribution in [0.1, 0.15) is 26.5 Å². The van der Waals surface area contributed by atoms with E-state index in [2.05, 4.69) is 10.1 Å². The average Bonchev–Trinajstić information content (AvgIpc) is 2.93. The number of carbonyl (C=O) groups excluding carboxylic acids is 1. The van der Waals surface area contributed by atoms with Crippen LogP contribution in [0.15, 0.2) is 41.0 Å². The summed E-state index contributed by atoms with van der Waals surface area (Å²) < 4.78 is 9.78. The van der Waals surface area contributed by atoms with Crippen molar-refractivity contribution in [1.29, 1.82) is 0 Å². The van der Waals surface area contributed by atoms with E-state index in [0.717, 1.165) is 0 Å². The minimum atomic E-state index is -0.986. The van der Waals surface area contributed by atoms with Crippen LogP contribution in [0, 0.1) is 0 Å².